The van der Waals surface area contributed by atoms with Gasteiger partial charge in [0.25, 0.3) is 0 Å². The Morgan fingerprint density at radius 3 is 2.41 bits per heavy atom. The maximum atomic E-state index is 14.1. The van der Waals surface area contributed by atoms with Crippen molar-refractivity contribution >= 4 is 29.1 Å². The fraction of sp³-hybridized carbons (Fsp3) is 0.771. The molecule has 0 heterocycles. The van der Waals surface area contributed by atoms with Crippen LogP contribution in [0.15, 0.2) is 29.3 Å². The van der Waals surface area contributed by atoms with E-state index in [0.717, 1.165) is 42.7 Å². The number of ether oxygens (including phenoxy) is 2. The summed E-state index contributed by atoms with van der Waals surface area (Å²) in [4.78, 5) is 39.3. The van der Waals surface area contributed by atoms with E-state index in [1.54, 1.807) is 12.7 Å². The number of methoxy groups -OCH3 is 1. The first kappa shape index (κ1) is 41.9. The Morgan fingerprint density at radius 1 is 0.964 bits per heavy atom. The minimum atomic E-state index is -0.753. The van der Waals surface area contributed by atoms with Gasteiger partial charge in [-0.25, -0.2) is 0 Å². The Bertz CT molecular complexity index is 1720. The molecule has 6 aliphatic rings. The second-order valence-electron chi connectivity index (χ2n) is 20.7. The summed E-state index contributed by atoms with van der Waals surface area (Å²) >= 11 is 6.33. The Labute approximate surface area is 341 Å². The molecule has 2 N–H and O–H groups in total. The van der Waals surface area contributed by atoms with E-state index in [0.29, 0.717) is 85.2 Å². The van der Waals surface area contributed by atoms with Crippen molar-refractivity contribution in [1.29, 1.82) is 0 Å². The predicted molar refractivity (Wildman–Crippen MR) is 221 cm³/mol. The Kier molecular flexibility index (Phi) is 11.8. The zero-order valence-corrected chi connectivity index (χ0v) is 36.4. The molecule has 0 amide bonds. The number of carboxylic acid groups (broad SMARTS) is 1. The molecule has 5 fully saturated rings. The van der Waals surface area contributed by atoms with Crippen molar-refractivity contribution in [2.24, 2.45) is 74.9 Å². The summed E-state index contributed by atoms with van der Waals surface area (Å²) in [6.07, 6.45) is 12.2. The van der Waals surface area contributed by atoms with Gasteiger partial charge in [-0.3, -0.25) is 14.4 Å². The molecule has 1 aromatic carbocycles. The first-order chi connectivity index (χ1) is 26.5. The van der Waals surface area contributed by atoms with Crippen molar-refractivity contribution in [3.8, 4) is 5.75 Å². The lowest BCUT2D eigenvalue weighted by Gasteiger charge is -2.69. The zero-order chi connectivity index (χ0) is 40.4. The lowest BCUT2D eigenvalue weighted by atomic mass is 9.35. The summed E-state index contributed by atoms with van der Waals surface area (Å²) < 4.78 is 11.2. The van der Waals surface area contributed by atoms with Gasteiger partial charge in [0.15, 0.2) is 5.78 Å². The molecule has 11 unspecified atom stereocenters. The highest BCUT2D eigenvalue weighted by Crippen LogP contribution is 2.74. The Morgan fingerprint density at radius 2 is 1.71 bits per heavy atom. The molecule has 1 aromatic rings. The van der Waals surface area contributed by atoms with Gasteiger partial charge < -0.3 is 19.9 Å². The number of Topliss-reactive ketones (excluding diaryl/α,β-unsaturated/α-hetero) is 2. The van der Waals surface area contributed by atoms with Crippen molar-refractivity contribution in [2.45, 2.75) is 132 Å². The molecular weight excluding hydrogens is 722 g/mol. The molecule has 0 spiro atoms. The van der Waals surface area contributed by atoms with E-state index in [2.05, 4.69) is 46.9 Å². The maximum Gasteiger partial charge on any atom is 0.306 e. The van der Waals surface area contributed by atoms with Gasteiger partial charge in [-0.2, -0.15) is 0 Å². The number of halogens is 1. The third-order valence-electron chi connectivity index (χ3n) is 17.6. The number of aliphatic carboxylic acids is 1. The maximum absolute atomic E-state index is 14.1. The van der Waals surface area contributed by atoms with Crippen LogP contribution in [0, 0.1) is 74.9 Å². The third-order valence-corrected chi connectivity index (χ3v) is 17.8. The van der Waals surface area contributed by atoms with Gasteiger partial charge in [-0.05, 0) is 146 Å². The zero-order valence-electron chi connectivity index (χ0n) is 35.6. The van der Waals surface area contributed by atoms with Crippen LogP contribution in [0.5, 0.6) is 5.75 Å². The Hall–Kier alpha value is -2.22. The topological polar surface area (TPSA) is 102 Å². The molecule has 0 aliphatic heterocycles. The van der Waals surface area contributed by atoms with Crippen LogP contribution in [-0.2, 0) is 25.7 Å². The highest BCUT2D eigenvalue weighted by Gasteiger charge is 2.66. The van der Waals surface area contributed by atoms with Crippen molar-refractivity contribution < 1.29 is 29.0 Å². The largest absolute Gasteiger partial charge is 0.491 e. The van der Waals surface area contributed by atoms with Gasteiger partial charge in [-0.1, -0.05) is 71.7 Å². The van der Waals surface area contributed by atoms with Crippen LogP contribution in [-0.4, -0.2) is 49.5 Å². The van der Waals surface area contributed by atoms with E-state index < -0.39 is 5.97 Å². The van der Waals surface area contributed by atoms with Gasteiger partial charge in [0.05, 0.1) is 12.5 Å². The number of fused-ring (bicyclic) bond motifs is 7. The van der Waals surface area contributed by atoms with Crippen molar-refractivity contribution in [1.82, 2.24) is 5.32 Å². The van der Waals surface area contributed by atoms with Crippen LogP contribution < -0.4 is 10.1 Å². The molecule has 310 valence electrons. The molecular formula is C48H70ClNO6. The van der Waals surface area contributed by atoms with Gasteiger partial charge in [-0.15, -0.1) is 0 Å². The summed E-state index contributed by atoms with van der Waals surface area (Å²) in [5, 5.41) is 13.9. The number of carboxylic acids is 1. The second kappa shape index (κ2) is 15.8. The number of rotatable bonds is 14. The van der Waals surface area contributed by atoms with Crippen molar-refractivity contribution in [3.63, 3.8) is 0 Å². The number of nitrogens with one attached hydrogen (secondary N) is 1. The van der Waals surface area contributed by atoms with Gasteiger partial charge in [0.2, 0.25) is 0 Å². The second-order valence-corrected chi connectivity index (χ2v) is 21.2. The van der Waals surface area contributed by atoms with Crippen LogP contribution >= 0.6 is 11.6 Å². The molecule has 7 rings (SSSR count). The molecule has 0 saturated heterocycles. The van der Waals surface area contributed by atoms with E-state index in [9.17, 15) is 19.5 Å². The van der Waals surface area contributed by atoms with Crippen molar-refractivity contribution in [2.75, 3.05) is 26.9 Å². The molecule has 0 bridgehead atoms. The van der Waals surface area contributed by atoms with E-state index >= 15 is 0 Å². The first-order valence-corrected chi connectivity index (χ1v) is 22.5. The minimum Gasteiger partial charge on any atom is -0.491 e. The first-order valence-electron chi connectivity index (χ1n) is 22.1. The van der Waals surface area contributed by atoms with Crippen LogP contribution in [0.3, 0.4) is 0 Å². The number of carbonyl (C=O) groups is 3. The number of hydrogen-bond acceptors (Lipinski definition) is 6. The highest BCUT2D eigenvalue weighted by atomic mass is 35.5. The van der Waals surface area contributed by atoms with Crippen LogP contribution in [0.4, 0.5) is 0 Å². The fourth-order valence-electron chi connectivity index (χ4n) is 14.7. The third kappa shape index (κ3) is 7.03. The summed E-state index contributed by atoms with van der Waals surface area (Å²) in [6, 6.07) is 5.84. The molecule has 8 heteroatoms. The van der Waals surface area contributed by atoms with Gasteiger partial charge in [0, 0.05) is 48.4 Å². The molecule has 0 radical (unpaired) electrons. The minimum absolute atomic E-state index is 0.0523. The summed E-state index contributed by atoms with van der Waals surface area (Å²) in [7, 11) is 1.67. The SMILES string of the molecule is COCCOc1cc(Cl)ccc1CNCCC12CCC3C(CCC4C3(C)CCC3C(C)(C)C(CC(=O)C5CC(C(=O)O)C5C)CCC34C)C1=C(C(C)C)C(=O)C2. The molecule has 5 saturated carbocycles. The smallest absolute Gasteiger partial charge is 0.306 e. The standard InChI is InChI=1S/C48H70ClNO6/c1-28(2)42-38(52)26-48(19-20-50-27-30-9-10-32(49)24-39(30)56-22-21-55-8)18-14-36-33(43(42)48)11-12-41-46(36,6)17-15-40-45(4,5)31(13-16-47(40,41)7)23-37(51)34-25-35(29(34)3)44(53)54/h9-10,24,28-29,31,33-36,40-41,50H,11-23,25-27H2,1-8H3,(H,53,54). The van der Waals surface area contributed by atoms with Gasteiger partial charge >= 0.3 is 5.97 Å². The van der Waals surface area contributed by atoms with E-state index in [4.69, 9.17) is 21.1 Å². The van der Waals surface area contributed by atoms with E-state index in [1.165, 1.54) is 38.5 Å². The average Bonchev–Trinajstić information content (AvgIpc) is 3.43. The van der Waals surface area contributed by atoms with Crippen molar-refractivity contribution in [3.05, 3.63) is 39.9 Å². The Balaban J connectivity index is 1.06. The molecule has 0 aromatic heterocycles. The predicted octanol–water partition coefficient (Wildman–Crippen LogP) is 10.4. The summed E-state index contributed by atoms with van der Waals surface area (Å²) in [5.41, 5.74) is 4.26. The summed E-state index contributed by atoms with van der Waals surface area (Å²) in [6.45, 7) is 19.1. The quantitative estimate of drug-likeness (QED) is 0.181. The molecule has 6 aliphatic carbocycles. The lowest BCUT2D eigenvalue weighted by molar-refractivity contribution is -0.193. The monoisotopic (exact) mass is 791 g/mol. The fourth-order valence-corrected chi connectivity index (χ4v) is 14.9. The summed E-state index contributed by atoms with van der Waals surface area (Å²) in [5.74, 6) is 3.11. The van der Waals surface area contributed by atoms with Crippen LogP contribution in [0.1, 0.15) is 131 Å². The lowest BCUT2D eigenvalue weighted by Crippen LogP contribution is -2.62. The van der Waals surface area contributed by atoms with E-state index in [-0.39, 0.29) is 45.3 Å². The number of benzene rings is 1. The normalized spacial score (nSPS) is 38.6. The number of hydrogen-bond donors (Lipinski definition) is 2. The van der Waals surface area contributed by atoms with E-state index in [1.807, 2.05) is 25.1 Å². The van der Waals surface area contributed by atoms with Crippen LogP contribution in [0.25, 0.3) is 0 Å². The molecule has 11 atom stereocenters. The average molecular weight is 793 g/mol. The molecule has 56 heavy (non-hydrogen) atoms. The number of allylic oxidation sites excluding steroid dienone is 2. The molecule has 7 nitrogen and oxygen atoms in total. The number of ketones is 2. The van der Waals surface area contributed by atoms with Gasteiger partial charge in [0.1, 0.15) is 18.1 Å². The number of carbonyl (C=O) groups excluding carboxylic acids is 2. The highest BCUT2D eigenvalue weighted by molar-refractivity contribution is 6.30. The van der Waals surface area contributed by atoms with Crippen LogP contribution in [0.2, 0.25) is 5.02 Å².